The van der Waals surface area contributed by atoms with E-state index in [-0.39, 0.29) is 31.2 Å². The van der Waals surface area contributed by atoms with Gasteiger partial charge in [-0.3, -0.25) is 14.5 Å². The van der Waals surface area contributed by atoms with Crippen molar-refractivity contribution in [1.82, 2.24) is 20.4 Å². The van der Waals surface area contributed by atoms with Crippen molar-refractivity contribution in [3.05, 3.63) is 41.6 Å². The summed E-state index contributed by atoms with van der Waals surface area (Å²) in [6.07, 6.45) is 8.40. The minimum Gasteiger partial charge on any atom is -0.480 e. The molecule has 12 nitrogen and oxygen atoms in total. The first-order chi connectivity index (χ1) is 20.2. The van der Waals surface area contributed by atoms with Crippen LogP contribution in [0.2, 0.25) is 0 Å². The number of nitrogens with zero attached hydrogens (tertiary/aromatic N) is 2. The SMILES string of the molecule is NCCCC[C@H](NC(=O)N1C=Cc2ccccc2C1)C(=O)N[C@H](CCC(=O)N1[C@H](C(=O)O)C[C@@H]2CCCC[C@@H]21)C(=O)O. The Hall–Kier alpha value is -3.93. The molecule has 1 aliphatic carbocycles. The summed E-state index contributed by atoms with van der Waals surface area (Å²) >= 11 is 0. The molecule has 4 rings (SSSR count). The molecule has 0 spiro atoms. The highest BCUT2D eigenvalue weighted by atomic mass is 16.4. The predicted molar refractivity (Wildman–Crippen MR) is 154 cm³/mol. The van der Waals surface area contributed by atoms with Crippen molar-refractivity contribution in [2.24, 2.45) is 11.7 Å². The van der Waals surface area contributed by atoms with Gasteiger partial charge >= 0.3 is 18.0 Å². The lowest BCUT2D eigenvalue weighted by atomic mass is 9.84. The third-order valence-electron chi connectivity index (χ3n) is 8.57. The number of unbranched alkanes of at least 4 members (excludes halogenated alkanes) is 1. The van der Waals surface area contributed by atoms with E-state index in [1.54, 1.807) is 6.20 Å². The number of fused-ring (bicyclic) bond motifs is 2. The molecule has 3 aliphatic rings. The van der Waals surface area contributed by atoms with Crippen molar-refractivity contribution in [2.45, 2.75) is 94.9 Å². The van der Waals surface area contributed by atoms with Gasteiger partial charge in [0.1, 0.15) is 18.1 Å². The van der Waals surface area contributed by atoms with Gasteiger partial charge in [0, 0.05) is 18.7 Å². The number of carboxylic acids is 2. The zero-order valence-electron chi connectivity index (χ0n) is 23.7. The first kappa shape index (κ1) is 31.0. The Labute approximate surface area is 245 Å². The summed E-state index contributed by atoms with van der Waals surface area (Å²) in [6, 6.07) is 3.70. The number of carbonyl (C=O) groups excluding carboxylic acids is 3. The number of likely N-dealkylation sites (tertiary alicyclic amines) is 1. The lowest BCUT2D eigenvalue weighted by Gasteiger charge is -2.33. The van der Waals surface area contributed by atoms with Gasteiger partial charge in [0.05, 0.1) is 6.54 Å². The van der Waals surface area contributed by atoms with E-state index in [9.17, 15) is 34.2 Å². The molecule has 2 fully saturated rings. The van der Waals surface area contributed by atoms with Crippen molar-refractivity contribution in [2.75, 3.05) is 6.54 Å². The van der Waals surface area contributed by atoms with Gasteiger partial charge in [0.25, 0.3) is 0 Å². The number of carboxylic acid groups (broad SMARTS) is 2. The maximum absolute atomic E-state index is 13.3. The molecule has 0 unspecified atom stereocenters. The van der Waals surface area contributed by atoms with Crippen LogP contribution in [0.1, 0.15) is 75.3 Å². The van der Waals surface area contributed by atoms with Crippen LogP contribution in [0, 0.1) is 5.92 Å². The molecular weight excluding hydrogens is 542 g/mol. The van der Waals surface area contributed by atoms with Gasteiger partial charge in [0.15, 0.2) is 0 Å². The zero-order chi connectivity index (χ0) is 30.2. The summed E-state index contributed by atoms with van der Waals surface area (Å²) in [7, 11) is 0. The Morgan fingerprint density at radius 3 is 2.48 bits per heavy atom. The van der Waals surface area contributed by atoms with Gasteiger partial charge < -0.3 is 31.5 Å². The second-order valence-electron chi connectivity index (χ2n) is 11.4. The van der Waals surface area contributed by atoms with Crippen LogP contribution in [-0.4, -0.2) is 80.5 Å². The number of urea groups is 1. The fraction of sp³-hybridized carbons (Fsp3) is 0.567. The largest absolute Gasteiger partial charge is 0.480 e. The second-order valence-corrected chi connectivity index (χ2v) is 11.4. The van der Waals surface area contributed by atoms with Crippen LogP contribution in [0.25, 0.3) is 6.08 Å². The molecule has 12 heteroatoms. The van der Waals surface area contributed by atoms with Crippen molar-refractivity contribution in [3.63, 3.8) is 0 Å². The Morgan fingerprint density at radius 1 is 0.976 bits per heavy atom. The van der Waals surface area contributed by atoms with E-state index < -0.39 is 47.9 Å². The van der Waals surface area contributed by atoms with Crippen LogP contribution in [0.15, 0.2) is 30.5 Å². The van der Waals surface area contributed by atoms with E-state index in [0.29, 0.717) is 32.4 Å². The van der Waals surface area contributed by atoms with Gasteiger partial charge in [-0.15, -0.1) is 0 Å². The van der Waals surface area contributed by atoms with E-state index in [0.717, 1.165) is 36.8 Å². The highest BCUT2D eigenvalue weighted by Crippen LogP contribution is 2.40. The second kappa shape index (κ2) is 14.3. The van der Waals surface area contributed by atoms with Crippen molar-refractivity contribution < 1.29 is 34.2 Å². The van der Waals surface area contributed by atoms with E-state index >= 15 is 0 Å². The lowest BCUT2D eigenvalue weighted by Crippen LogP contribution is -2.54. The molecule has 1 aromatic carbocycles. The van der Waals surface area contributed by atoms with Gasteiger partial charge in [-0.2, -0.15) is 0 Å². The smallest absolute Gasteiger partial charge is 0.326 e. The topological polar surface area (TPSA) is 182 Å². The normalized spacial score (nSPS) is 22.5. The molecule has 0 radical (unpaired) electrons. The average molecular weight is 584 g/mol. The highest BCUT2D eigenvalue weighted by Gasteiger charge is 2.47. The lowest BCUT2D eigenvalue weighted by molar-refractivity contribution is -0.150. The van der Waals surface area contributed by atoms with Crippen LogP contribution >= 0.6 is 0 Å². The molecular formula is C30H41N5O7. The molecule has 4 amide bonds. The van der Waals surface area contributed by atoms with E-state index in [4.69, 9.17) is 5.73 Å². The number of hydrogen-bond donors (Lipinski definition) is 5. The summed E-state index contributed by atoms with van der Waals surface area (Å²) in [5.74, 6) is -3.31. The maximum Gasteiger partial charge on any atom is 0.326 e. The third-order valence-corrected chi connectivity index (χ3v) is 8.57. The van der Waals surface area contributed by atoms with Crippen LogP contribution < -0.4 is 16.4 Å². The van der Waals surface area contributed by atoms with Gasteiger partial charge in [-0.05, 0) is 74.6 Å². The van der Waals surface area contributed by atoms with Gasteiger partial charge in [-0.25, -0.2) is 14.4 Å². The summed E-state index contributed by atoms with van der Waals surface area (Å²) in [6.45, 7) is 0.731. The average Bonchev–Trinajstić information content (AvgIpc) is 3.38. The minimum atomic E-state index is -1.38. The number of nitrogens with one attached hydrogen (secondary N) is 2. The van der Waals surface area contributed by atoms with Crippen LogP contribution in [-0.2, 0) is 25.7 Å². The van der Waals surface area contributed by atoms with E-state index in [1.807, 2.05) is 30.3 Å². The van der Waals surface area contributed by atoms with Crippen molar-refractivity contribution in [3.8, 4) is 0 Å². The fourth-order valence-electron chi connectivity index (χ4n) is 6.35. The Balaban J connectivity index is 1.38. The molecule has 5 atom stereocenters. The quantitative estimate of drug-likeness (QED) is 0.232. The molecule has 228 valence electrons. The molecule has 0 aromatic heterocycles. The molecule has 1 saturated carbocycles. The van der Waals surface area contributed by atoms with Crippen molar-refractivity contribution >= 4 is 35.9 Å². The van der Waals surface area contributed by atoms with Crippen LogP contribution in [0.5, 0.6) is 0 Å². The molecule has 6 N–H and O–H groups in total. The first-order valence-corrected chi connectivity index (χ1v) is 14.8. The van der Waals surface area contributed by atoms with E-state index in [2.05, 4.69) is 10.6 Å². The standard InChI is InChI=1S/C30H41N5O7/c31-15-6-5-10-22(33-30(42)34-16-14-19-7-1-2-9-21(19)18-34)27(37)32-23(28(38)39)12-13-26(36)35-24-11-4-3-8-20(24)17-25(35)29(40)41/h1-2,7,9,14,16,20,22-25H,3-6,8,10-13,15,17-18,31H2,(H,32,37)(H,33,42)(H,38,39)(H,40,41)/t20-,22-,23+,24-,25-/m0/s1. The zero-order valence-corrected chi connectivity index (χ0v) is 23.7. The molecule has 1 aromatic rings. The Morgan fingerprint density at radius 2 is 1.74 bits per heavy atom. The van der Waals surface area contributed by atoms with Crippen LogP contribution in [0.4, 0.5) is 4.79 Å². The number of benzene rings is 1. The fourth-order valence-corrected chi connectivity index (χ4v) is 6.35. The summed E-state index contributed by atoms with van der Waals surface area (Å²) in [5.41, 5.74) is 7.56. The number of rotatable bonds is 12. The first-order valence-electron chi connectivity index (χ1n) is 14.8. The van der Waals surface area contributed by atoms with Gasteiger partial charge in [0.2, 0.25) is 11.8 Å². The molecule has 0 bridgehead atoms. The number of amides is 4. The third kappa shape index (κ3) is 7.47. The maximum atomic E-state index is 13.3. The molecule has 1 saturated heterocycles. The Kier molecular flexibility index (Phi) is 10.6. The summed E-state index contributed by atoms with van der Waals surface area (Å²) in [5, 5.41) is 24.8. The molecule has 2 aliphatic heterocycles. The van der Waals surface area contributed by atoms with Crippen LogP contribution in [0.3, 0.4) is 0 Å². The summed E-state index contributed by atoms with van der Waals surface area (Å²) < 4.78 is 0. The number of carbonyl (C=O) groups is 5. The Bertz CT molecular complexity index is 1200. The number of nitrogens with two attached hydrogens (primary N) is 1. The van der Waals surface area contributed by atoms with Gasteiger partial charge in [-0.1, -0.05) is 37.1 Å². The number of aliphatic carboxylic acids is 2. The highest BCUT2D eigenvalue weighted by molar-refractivity contribution is 5.91. The summed E-state index contributed by atoms with van der Waals surface area (Å²) in [4.78, 5) is 66.4. The molecule has 42 heavy (non-hydrogen) atoms. The minimum absolute atomic E-state index is 0.139. The number of hydrogen-bond acceptors (Lipinski definition) is 6. The van der Waals surface area contributed by atoms with E-state index in [1.165, 1.54) is 9.80 Å². The molecule has 2 heterocycles. The van der Waals surface area contributed by atoms with Crippen molar-refractivity contribution in [1.29, 1.82) is 0 Å². The monoisotopic (exact) mass is 583 g/mol. The predicted octanol–water partition coefficient (Wildman–Crippen LogP) is 2.27.